The van der Waals surface area contributed by atoms with Crippen molar-refractivity contribution >= 4 is 0 Å². The third kappa shape index (κ3) is 0.712. The summed E-state index contributed by atoms with van der Waals surface area (Å²) in [7, 11) is 0. The zero-order valence-corrected chi connectivity index (χ0v) is 5.04. The lowest BCUT2D eigenvalue weighted by Crippen LogP contribution is -2.28. The van der Waals surface area contributed by atoms with Crippen molar-refractivity contribution in [2.24, 2.45) is 0 Å². The van der Waals surface area contributed by atoms with Crippen molar-refractivity contribution in [3.63, 3.8) is 0 Å². The number of hydrogen-bond acceptors (Lipinski definition) is 3. The van der Waals surface area contributed by atoms with E-state index in [-0.39, 0.29) is 0 Å². The maximum absolute atomic E-state index is 3.88. The summed E-state index contributed by atoms with van der Waals surface area (Å²) in [5.41, 5.74) is 1.18. The molecule has 0 unspecified atom stereocenters. The Hall–Kier alpha value is -0.900. The van der Waals surface area contributed by atoms with Gasteiger partial charge in [-0.15, -0.1) is 5.10 Å². The minimum atomic E-state index is 0.910. The minimum absolute atomic E-state index is 0.910. The molecule has 0 aliphatic carbocycles. The molecule has 0 aromatic carbocycles. The van der Waals surface area contributed by atoms with E-state index in [4.69, 9.17) is 0 Å². The monoisotopic (exact) mass is 124 g/mol. The molecule has 1 aliphatic heterocycles. The number of hydrogen-bond donors (Lipinski definition) is 1. The van der Waals surface area contributed by atoms with Crippen LogP contribution in [0.4, 0.5) is 0 Å². The van der Waals surface area contributed by atoms with Gasteiger partial charge in [-0.2, -0.15) is 0 Å². The average molecular weight is 124 g/mol. The molecule has 4 nitrogen and oxygen atoms in total. The normalized spacial score (nSPS) is 17.3. The van der Waals surface area contributed by atoms with Crippen molar-refractivity contribution in [3.8, 4) is 0 Å². The fourth-order valence-corrected chi connectivity index (χ4v) is 1.01. The fourth-order valence-electron chi connectivity index (χ4n) is 1.01. The maximum atomic E-state index is 3.88. The van der Waals surface area contributed by atoms with E-state index >= 15 is 0 Å². The average Bonchev–Trinajstić information content (AvgIpc) is 2.33. The van der Waals surface area contributed by atoms with Gasteiger partial charge >= 0.3 is 0 Å². The summed E-state index contributed by atoms with van der Waals surface area (Å²) in [4.78, 5) is 0. The predicted octanol–water partition coefficient (Wildman–Crippen LogP) is -0.619. The molecule has 2 rings (SSSR count). The smallest absolute Gasteiger partial charge is 0.0738 e. The van der Waals surface area contributed by atoms with Crippen molar-refractivity contribution in [3.05, 3.63) is 11.9 Å². The molecule has 0 fully saturated rings. The second-order valence-corrected chi connectivity index (χ2v) is 2.13. The van der Waals surface area contributed by atoms with Gasteiger partial charge in [0.25, 0.3) is 0 Å². The zero-order chi connectivity index (χ0) is 6.10. The van der Waals surface area contributed by atoms with E-state index in [0.29, 0.717) is 0 Å². The van der Waals surface area contributed by atoms with Gasteiger partial charge in [0.1, 0.15) is 0 Å². The van der Waals surface area contributed by atoms with Crippen LogP contribution >= 0.6 is 0 Å². The van der Waals surface area contributed by atoms with Crippen molar-refractivity contribution < 1.29 is 0 Å². The summed E-state index contributed by atoms with van der Waals surface area (Å²) in [6, 6.07) is 0. The Morgan fingerprint density at radius 2 is 2.67 bits per heavy atom. The van der Waals surface area contributed by atoms with Gasteiger partial charge in [-0.05, 0) is 0 Å². The number of rotatable bonds is 0. The molecular formula is C5H8N4. The van der Waals surface area contributed by atoms with Gasteiger partial charge < -0.3 is 5.32 Å². The quantitative estimate of drug-likeness (QED) is 0.501. The highest BCUT2D eigenvalue weighted by molar-refractivity contribution is 4.95. The summed E-state index contributed by atoms with van der Waals surface area (Å²) < 4.78 is 1.93. The summed E-state index contributed by atoms with van der Waals surface area (Å²) in [6.45, 7) is 2.87. The Kier molecular flexibility index (Phi) is 0.989. The van der Waals surface area contributed by atoms with Crippen LogP contribution in [0.3, 0.4) is 0 Å². The molecular weight excluding hydrogens is 116 g/mol. The molecule has 0 atom stereocenters. The molecule has 1 aromatic heterocycles. The first kappa shape index (κ1) is 4.93. The van der Waals surface area contributed by atoms with Crippen LogP contribution in [0.25, 0.3) is 0 Å². The fraction of sp³-hybridized carbons (Fsp3) is 0.600. The Bertz CT molecular complexity index is 184. The first-order valence-electron chi connectivity index (χ1n) is 3.05. The van der Waals surface area contributed by atoms with Crippen LogP contribution in [0, 0.1) is 0 Å². The summed E-state index contributed by atoms with van der Waals surface area (Å²) in [5, 5.41) is 10.9. The van der Waals surface area contributed by atoms with E-state index in [1.165, 1.54) is 5.69 Å². The van der Waals surface area contributed by atoms with Gasteiger partial charge in [0.2, 0.25) is 0 Å². The first-order valence-corrected chi connectivity index (χ1v) is 3.05. The lowest BCUT2D eigenvalue weighted by Gasteiger charge is -2.12. The van der Waals surface area contributed by atoms with Crippen LogP contribution in [0.1, 0.15) is 5.69 Å². The number of aromatic nitrogens is 3. The Morgan fingerprint density at radius 3 is 3.56 bits per heavy atom. The first-order chi connectivity index (χ1) is 4.47. The SMILES string of the molecule is c1nnn2c1CNCC2. The summed E-state index contributed by atoms with van der Waals surface area (Å²) >= 11 is 0. The molecule has 1 aliphatic rings. The molecule has 0 amide bonds. The van der Waals surface area contributed by atoms with E-state index < -0.39 is 0 Å². The van der Waals surface area contributed by atoms with Gasteiger partial charge in [0.05, 0.1) is 18.4 Å². The zero-order valence-electron chi connectivity index (χ0n) is 5.04. The third-order valence-electron chi connectivity index (χ3n) is 1.50. The number of nitrogens with one attached hydrogen (secondary N) is 1. The molecule has 1 aromatic rings. The molecule has 4 heteroatoms. The van der Waals surface area contributed by atoms with E-state index in [1.807, 2.05) is 4.68 Å². The van der Waals surface area contributed by atoms with Gasteiger partial charge in [-0.3, -0.25) is 0 Å². The standard InChI is InChI=1S/C5H8N4/c1-2-9-5(3-6-1)4-7-8-9/h4,6H,1-3H2. The van der Waals surface area contributed by atoms with Gasteiger partial charge in [0, 0.05) is 13.1 Å². The maximum Gasteiger partial charge on any atom is 0.0738 e. The van der Waals surface area contributed by atoms with E-state index in [2.05, 4.69) is 15.6 Å². The highest BCUT2D eigenvalue weighted by atomic mass is 15.4. The van der Waals surface area contributed by atoms with Crippen LogP contribution in [-0.2, 0) is 13.1 Å². The summed E-state index contributed by atoms with van der Waals surface area (Å²) in [6.07, 6.45) is 1.80. The van der Waals surface area contributed by atoms with Gasteiger partial charge in [0.15, 0.2) is 0 Å². The topological polar surface area (TPSA) is 42.7 Å². The Morgan fingerprint density at radius 1 is 1.67 bits per heavy atom. The molecule has 1 N–H and O–H groups in total. The molecule has 48 valence electrons. The molecule has 0 bridgehead atoms. The predicted molar refractivity (Wildman–Crippen MR) is 31.7 cm³/mol. The lowest BCUT2D eigenvalue weighted by atomic mass is 10.4. The molecule has 0 saturated heterocycles. The van der Waals surface area contributed by atoms with Crippen LogP contribution in [0.5, 0.6) is 0 Å². The van der Waals surface area contributed by atoms with Crippen molar-refractivity contribution in [1.82, 2.24) is 20.3 Å². The Labute approximate surface area is 52.9 Å². The van der Waals surface area contributed by atoms with Crippen molar-refractivity contribution in [1.29, 1.82) is 0 Å². The molecule has 0 saturated carbocycles. The lowest BCUT2D eigenvalue weighted by molar-refractivity contribution is 0.467. The van der Waals surface area contributed by atoms with Gasteiger partial charge in [-0.25, -0.2) is 4.68 Å². The van der Waals surface area contributed by atoms with Crippen LogP contribution in [-0.4, -0.2) is 21.5 Å². The highest BCUT2D eigenvalue weighted by Crippen LogP contribution is 1.98. The molecule has 0 spiro atoms. The van der Waals surface area contributed by atoms with Gasteiger partial charge in [-0.1, -0.05) is 5.21 Å². The van der Waals surface area contributed by atoms with Crippen LogP contribution < -0.4 is 5.32 Å². The van der Waals surface area contributed by atoms with Crippen LogP contribution in [0.15, 0.2) is 6.20 Å². The largest absolute Gasteiger partial charge is 0.309 e. The Balaban J connectivity index is 2.39. The molecule has 2 heterocycles. The van der Waals surface area contributed by atoms with Crippen molar-refractivity contribution in [2.75, 3.05) is 6.54 Å². The van der Waals surface area contributed by atoms with E-state index in [9.17, 15) is 0 Å². The van der Waals surface area contributed by atoms with Crippen LogP contribution in [0.2, 0.25) is 0 Å². The number of fused-ring (bicyclic) bond motifs is 1. The molecule has 9 heavy (non-hydrogen) atoms. The minimum Gasteiger partial charge on any atom is -0.309 e. The third-order valence-corrected chi connectivity index (χ3v) is 1.50. The number of nitrogens with zero attached hydrogens (tertiary/aromatic N) is 3. The van der Waals surface area contributed by atoms with E-state index in [0.717, 1.165) is 19.6 Å². The highest BCUT2D eigenvalue weighted by Gasteiger charge is 2.06. The summed E-state index contributed by atoms with van der Waals surface area (Å²) in [5.74, 6) is 0. The second-order valence-electron chi connectivity index (χ2n) is 2.13. The van der Waals surface area contributed by atoms with E-state index in [1.54, 1.807) is 6.20 Å². The van der Waals surface area contributed by atoms with Crippen molar-refractivity contribution in [2.45, 2.75) is 13.1 Å². The molecule has 0 radical (unpaired) electrons. The second kappa shape index (κ2) is 1.80.